The van der Waals surface area contributed by atoms with Crippen LogP contribution in [0.2, 0.25) is 0 Å². The molecule has 0 bridgehead atoms. The van der Waals surface area contributed by atoms with E-state index in [-0.39, 0.29) is 6.04 Å². The Bertz CT molecular complexity index is 1060. The fourth-order valence-electron chi connectivity index (χ4n) is 2.97. The zero-order chi connectivity index (χ0) is 21.9. The van der Waals surface area contributed by atoms with Crippen molar-refractivity contribution < 1.29 is 14.3 Å². The Morgan fingerprint density at radius 3 is 2.57 bits per heavy atom. The normalized spacial score (nSPS) is 11.4. The number of aromatic nitrogens is 2. The topological polar surface area (TPSA) is 85.4 Å². The summed E-state index contributed by atoms with van der Waals surface area (Å²) in [5.74, 6) is 1.27. The van der Waals surface area contributed by atoms with Crippen LogP contribution in [0.15, 0.2) is 42.6 Å². The first-order valence-corrected chi connectivity index (χ1v) is 9.86. The Labute approximate surface area is 176 Å². The van der Waals surface area contributed by atoms with E-state index in [9.17, 15) is 4.79 Å². The van der Waals surface area contributed by atoms with Gasteiger partial charge in [-0.3, -0.25) is 5.32 Å². The molecule has 3 rings (SSSR count). The molecule has 30 heavy (non-hydrogen) atoms. The molecule has 2 aromatic carbocycles. The van der Waals surface area contributed by atoms with Crippen molar-refractivity contribution in [1.82, 2.24) is 9.97 Å². The summed E-state index contributed by atoms with van der Waals surface area (Å²) in [6, 6.07) is 11.6. The van der Waals surface area contributed by atoms with Gasteiger partial charge in [-0.1, -0.05) is 12.1 Å². The number of methoxy groups -OCH3 is 1. The number of carbonyl (C=O) groups is 1. The Morgan fingerprint density at radius 1 is 1.13 bits per heavy atom. The summed E-state index contributed by atoms with van der Waals surface area (Å²) in [6.45, 7) is 9.55. The van der Waals surface area contributed by atoms with Crippen molar-refractivity contribution in [3.05, 3.63) is 42.6 Å². The zero-order valence-electron chi connectivity index (χ0n) is 18.2. The van der Waals surface area contributed by atoms with Crippen molar-refractivity contribution in [3.63, 3.8) is 0 Å². The average molecular weight is 409 g/mol. The maximum Gasteiger partial charge on any atom is 0.412 e. The van der Waals surface area contributed by atoms with E-state index in [1.54, 1.807) is 13.3 Å². The quantitative estimate of drug-likeness (QED) is 0.582. The molecule has 1 amide bonds. The SMILES string of the molecule is COc1cc2nc(NC(C)C)ncc2cc1-c1cccc(NC(=O)OC(C)(C)C)c1. The monoisotopic (exact) mass is 408 g/mol. The van der Waals surface area contributed by atoms with E-state index in [4.69, 9.17) is 9.47 Å². The first-order valence-electron chi connectivity index (χ1n) is 9.86. The summed E-state index contributed by atoms with van der Waals surface area (Å²) in [6.07, 6.45) is 1.29. The highest BCUT2D eigenvalue weighted by Crippen LogP contribution is 2.35. The summed E-state index contributed by atoms with van der Waals surface area (Å²) < 4.78 is 11.0. The lowest BCUT2D eigenvalue weighted by atomic mass is 10.0. The van der Waals surface area contributed by atoms with Crippen LogP contribution in [0.1, 0.15) is 34.6 Å². The number of ether oxygens (including phenoxy) is 2. The van der Waals surface area contributed by atoms with Crippen LogP contribution in [-0.2, 0) is 4.74 Å². The maximum absolute atomic E-state index is 12.1. The summed E-state index contributed by atoms with van der Waals surface area (Å²) in [5, 5.41) is 6.88. The van der Waals surface area contributed by atoms with Crippen LogP contribution in [-0.4, -0.2) is 34.8 Å². The smallest absolute Gasteiger partial charge is 0.412 e. The first-order chi connectivity index (χ1) is 14.1. The maximum atomic E-state index is 12.1. The van der Waals surface area contributed by atoms with Gasteiger partial charge < -0.3 is 14.8 Å². The van der Waals surface area contributed by atoms with Gasteiger partial charge in [-0.15, -0.1) is 0 Å². The Balaban J connectivity index is 1.94. The number of nitrogens with zero attached hydrogens (tertiary/aromatic N) is 2. The van der Waals surface area contributed by atoms with E-state index < -0.39 is 11.7 Å². The Hall–Kier alpha value is -3.35. The van der Waals surface area contributed by atoms with Crippen molar-refractivity contribution in [1.29, 1.82) is 0 Å². The van der Waals surface area contributed by atoms with Gasteiger partial charge in [0.15, 0.2) is 0 Å². The third-order valence-electron chi connectivity index (χ3n) is 4.14. The van der Waals surface area contributed by atoms with E-state index in [1.807, 2.05) is 71.0 Å². The molecule has 0 atom stereocenters. The number of carbonyl (C=O) groups excluding carboxylic acids is 1. The minimum absolute atomic E-state index is 0.240. The summed E-state index contributed by atoms with van der Waals surface area (Å²) in [4.78, 5) is 21.1. The lowest BCUT2D eigenvalue weighted by molar-refractivity contribution is 0.0636. The van der Waals surface area contributed by atoms with Crippen molar-refractivity contribution in [2.45, 2.75) is 46.3 Å². The van der Waals surface area contributed by atoms with Crippen molar-refractivity contribution in [2.75, 3.05) is 17.7 Å². The zero-order valence-corrected chi connectivity index (χ0v) is 18.2. The number of hydrogen-bond donors (Lipinski definition) is 2. The second-order valence-corrected chi connectivity index (χ2v) is 8.31. The van der Waals surface area contributed by atoms with E-state index in [2.05, 4.69) is 20.6 Å². The largest absolute Gasteiger partial charge is 0.496 e. The van der Waals surface area contributed by atoms with Gasteiger partial charge in [0.05, 0.1) is 12.6 Å². The summed E-state index contributed by atoms with van der Waals surface area (Å²) in [5.41, 5.74) is 2.64. The second kappa shape index (κ2) is 8.57. The van der Waals surface area contributed by atoms with E-state index in [0.29, 0.717) is 17.4 Å². The van der Waals surface area contributed by atoms with Gasteiger partial charge in [-0.2, -0.15) is 0 Å². The molecular weight excluding hydrogens is 380 g/mol. The number of hydrogen-bond acceptors (Lipinski definition) is 6. The molecule has 3 aromatic rings. The molecule has 1 heterocycles. The van der Waals surface area contributed by atoms with Gasteiger partial charge >= 0.3 is 6.09 Å². The third-order valence-corrected chi connectivity index (χ3v) is 4.14. The fourth-order valence-corrected chi connectivity index (χ4v) is 2.97. The van der Waals surface area contributed by atoms with Crippen molar-refractivity contribution >= 4 is 28.6 Å². The van der Waals surface area contributed by atoms with E-state index in [0.717, 1.165) is 22.0 Å². The lowest BCUT2D eigenvalue weighted by Crippen LogP contribution is -2.27. The molecule has 7 nitrogen and oxygen atoms in total. The lowest BCUT2D eigenvalue weighted by Gasteiger charge is -2.20. The third kappa shape index (κ3) is 5.37. The predicted molar refractivity (Wildman–Crippen MR) is 120 cm³/mol. The highest BCUT2D eigenvalue weighted by Gasteiger charge is 2.17. The summed E-state index contributed by atoms with van der Waals surface area (Å²) in [7, 11) is 1.63. The minimum Gasteiger partial charge on any atom is -0.496 e. The van der Waals surface area contributed by atoms with Gasteiger partial charge in [0, 0.05) is 34.9 Å². The Morgan fingerprint density at radius 2 is 1.90 bits per heavy atom. The molecule has 7 heteroatoms. The van der Waals surface area contributed by atoms with Crippen LogP contribution in [0, 0.1) is 0 Å². The van der Waals surface area contributed by atoms with Gasteiger partial charge in [0.1, 0.15) is 11.4 Å². The van der Waals surface area contributed by atoms with Crippen LogP contribution >= 0.6 is 0 Å². The first kappa shape index (κ1) is 21.4. The number of amides is 1. The molecular formula is C23H28N4O3. The molecule has 0 fully saturated rings. The molecule has 0 saturated carbocycles. The number of rotatable bonds is 5. The molecule has 2 N–H and O–H groups in total. The minimum atomic E-state index is -0.563. The molecule has 0 unspecified atom stereocenters. The molecule has 0 aliphatic carbocycles. The summed E-state index contributed by atoms with van der Waals surface area (Å²) >= 11 is 0. The van der Waals surface area contributed by atoms with Crippen LogP contribution in [0.25, 0.3) is 22.0 Å². The van der Waals surface area contributed by atoms with E-state index >= 15 is 0 Å². The van der Waals surface area contributed by atoms with Crippen LogP contribution < -0.4 is 15.4 Å². The van der Waals surface area contributed by atoms with Gasteiger partial charge in [-0.05, 0) is 58.4 Å². The van der Waals surface area contributed by atoms with Crippen molar-refractivity contribution in [3.8, 4) is 16.9 Å². The molecule has 0 saturated heterocycles. The van der Waals surface area contributed by atoms with Gasteiger partial charge in [-0.25, -0.2) is 14.8 Å². The number of fused-ring (bicyclic) bond motifs is 1. The van der Waals surface area contributed by atoms with Crippen molar-refractivity contribution in [2.24, 2.45) is 0 Å². The van der Waals surface area contributed by atoms with Crippen LogP contribution in [0.3, 0.4) is 0 Å². The van der Waals surface area contributed by atoms with Gasteiger partial charge in [0.25, 0.3) is 0 Å². The Kier molecular flexibility index (Phi) is 6.10. The number of anilines is 2. The average Bonchev–Trinajstić information content (AvgIpc) is 2.65. The molecule has 1 aromatic heterocycles. The fraction of sp³-hybridized carbons (Fsp3) is 0.348. The molecule has 158 valence electrons. The molecule has 0 aliphatic heterocycles. The van der Waals surface area contributed by atoms with Gasteiger partial charge in [0.2, 0.25) is 5.95 Å². The van der Waals surface area contributed by atoms with Crippen LogP contribution in [0.4, 0.5) is 16.4 Å². The second-order valence-electron chi connectivity index (χ2n) is 8.31. The highest BCUT2D eigenvalue weighted by molar-refractivity contribution is 5.90. The van der Waals surface area contributed by atoms with E-state index in [1.165, 1.54) is 0 Å². The molecule has 0 aliphatic rings. The predicted octanol–water partition coefficient (Wildman–Crippen LogP) is 5.47. The molecule has 0 radical (unpaired) electrons. The van der Waals surface area contributed by atoms with Crippen LogP contribution in [0.5, 0.6) is 5.75 Å². The molecule has 0 spiro atoms. The highest BCUT2D eigenvalue weighted by atomic mass is 16.6. The number of benzene rings is 2. The standard InChI is InChI=1S/C23H28N4O3/c1-14(2)25-21-24-13-16-11-18(20(29-6)12-19(16)27-21)15-8-7-9-17(10-15)26-22(28)30-23(3,4)5/h7-14H,1-6H3,(H,26,28)(H,24,25,27). The number of nitrogens with one attached hydrogen (secondary N) is 2.